The van der Waals surface area contributed by atoms with Crippen LogP contribution in [0, 0.1) is 18.7 Å². The maximum absolute atomic E-state index is 14.4. The van der Waals surface area contributed by atoms with Crippen LogP contribution in [0.4, 0.5) is 9.18 Å². The summed E-state index contributed by atoms with van der Waals surface area (Å²) in [5.74, 6) is -1.05. The Morgan fingerprint density at radius 1 is 0.944 bits per heavy atom. The highest BCUT2D eigenvalue weighted by atomic mass is 19.1. The van der Waals surface area contributed by atoms with Crippen LogP contribution in [0.1, 0.15) is 45.8 Å². The van der Waals surface area contributed by atoms with Crippen LogP contribution >= 0.6 is 0 Å². The summed E-state index contributed by atoms with van der Waals surface area (Å²) in [4.78, 5) is 28.3. The topological polar surface area (TPSA) is 55.8 Å². The van der Waals surface area contributed by atoms with Crippen molar-refractivity contribution in [3.63, 3.8) is 0 Å². The maximum atomic E-state index is 14.4. The van der Waals surface area contributed by atoms with Crippen LogP contribution in [0.2, 0.25) is 0 Å². The van der Waals surface area contributed by atoms with Gasteiger partial charge in [0.15, 0.2) is 5.78 Å². The number of aryl methyl sites for hydroxylation is 1. The number of ether oxygens (including phenoxy) is 2. The molecule has 184 valence electrons. The second-order valence-electron chi connectivity index (χ2n) is 10.1. The molecule has 3 aromatic carbocycles. The SMILES string of the molecule is Cc1ccc(F)c(C(=O)C2CC3COCC(C2)N3C(=O)OCC2c3ccccc3-c3ccccc32)c1. The Morgan fingerprint density at radius 3 is 2.19 bits per heavy atom. The number of rotatable bonds is 4. The summed E-state index contributed by atoms with van der Waals surface area (Å²) in [5, 5.41) is 0. The predicted molar refractivity (Wildman–Crippen MR) is 133 cm³/mol. The standard InChI is InChI=1S/C30H28FNO4/c1-18-10-11-28(31)26(12-18)29(33)19-13-20-15-35-16-21(14-19)32(20)30(34)36-17-27-24-8-4-2-6-22(24)23-7-3-5-9-25(23)27/h2-12,19-21,27H,13-17H2,1H3. The molecule has 2 bridgehead atoms. The zero-order valence-electron chi connectivity index (χ0n) is 20.2. The fourth-order valence-electron chi connectivity index (χ4n) is 6.14. The summed E-state index contributed by atoms with van der Waals surface area (Å²) in [6, 6.07) is 20.6. The van der Waals surface area contributed by atoms with Crippen LogP contribution in [0.3, 0.4) is 0 Å². The van der Waals surface area contributed by atoms with Gasteiger partial charge in [0.2, 0.25) is 0 Å². The Bertz CT molecular complexity index is 1280. The number of piperidine rings is 1. The first-order chi connectivity index (χ1) is 17.5. The molecule has 6 heteroatoms. The third-order valence-electron chi connectivity index (χ3n) is 7.83. The summed E-state index contributed by atoms with van der Waals surface area (Å²) in [5.41, 5.74) is 5.68. The van der Waals surface area contributed by atoms with Gasteiger partial charge in [-0.3, -0.25) is 9.69 Å². The van der Waals surface area contributed by atoms with Crippen LogP contribution in [-0.2, 0) is 9.47 Å². The molecule has 3 aromatic rings. The van der Waals surface area contributed by atoms with E-state index in [1.54, 1.807) is 17.0 Å². The lowest BCUT2D eigenvalue weighted by molar-refractivity contribution is -0.0748. The number of amides is 1. The summed E-state index contributed by atoms with van der Waals surface area (Å²) >= 11 is 0. The van der Waals surface area contributed by atoms with Gasteiger partial charge in [-0.05, 0) is 54.2 Å². The molecule has 5 nitrogen and oxygen atoms in total. The monoisotopic (exact) mass is 485 g/mol. The number of carbonyl (C=O) groups is 2. The van der Waals surface area contributed by atoms with Crippen LogP contribution in [0.5, 0.6) is 0 Å². The van der Waals surface area contributed by atoms with Crippen LogP contribution < -0.4 is 0 Å². The second kappa shape index (κ2) is 9.17. The Balaban J connectivity index is 1.17. The third-order valence-corrected chi connectivity index (χ3v) is 7.83. The fraction of sp³-hybridized carbons (Fsp3) is 0.333. The van der Waals surface area contributed by atoms with E-state index in [1.807, 2.05) is 31.2 Å². The molecule has 1 aliphatic carbocycles. The summed E-state index contributed by atoms with van der Waals surface area (Å²) in [6.07, 6.45) is 0.502. The van der Waals surface area contributed by atoms with Gasteiger partial charge < -0.3 is 9.47 Å². The second-order valence-corrected chi connectivity index (χ2v) is 10.1. The smallest absolute Gasteiger partial charge is 0.410 e. The van der Waals surface area contributed by atoms with E-state index in [4.69, 9.17) is 9.47 Å². The summed E-state index contributed by atoms with van der Waals surface area (Å²) in [7, 11) is 0. The molecule has 0 spiro atoms. The number of hydrogen-bond donors (Lipinski definition) is 0. The van der Waals surface area contributed by atoms with Crippen LogP contribution in [0.15, 0.2) is 66.7 Å². The number of Topliss-reactive ketones (excluding diaryl/α,β-unsaturated/α-hetero) is 1. The van der Waals surface area contributed by atoms with Crippen molar-refractivity contribution in [2.45, 2.75) is 37.8 Å². The summed E-state index contributed by atoms with van der Waals surface area (Å²) in [6.45, 7) is 2.79. The van der Waals surface area contributed by atoms with Crippen molar-refractivity contribution in [3.05, 3.63) is 94.8 Å². The molecular weight excluding hydrogens is 457 g/mol. The lowest BCUT2D eigenvalue weighted by Gasteiger charge is -2.47. The van der Waals surface area contributed by atoms with Crippen molar-refractivity contribution in [1.82, 2.24) is 4.90 Å². The minimum Gasteiger partial charge on any atom is -0.448 e. The van der Waals surface area contributed by atoms with Gasteiger partial charge in [-0.2, -0.15) is 0 Å². The molecule has 36 heavy (non-hydrogen) atoms. The normalized spacial score (nSPS) is 22.6. The molecule has 2 saturated heterocycles. The number of halogens is 1. The average molecular weight is 486 g/mol. The van der Waals surface area contributed by atoms with Crippen LogP contribution in [0.25, 0.3) is 11.1 Å². The average Bonchev–Trinajstić information content (AvgIpc) is 3.21. The van der Waals surface area contributed by atoms with Crippen molar-refractivity contribution in [3.8, 4) is 11.1 Å². The maximum Gasteiger partial charge on any atom is 0.410 e. The quantitative estimate of drug-likeness (QED) is 0.442. The number of morpholine rings is 1. The number of ketones is 1. The summed E-state index contributed by atoms with van der Waals surface area (Å²) < 4.78 is 26.0. The highest BCUT2D eigenvalue weighted by Gasteiger charge is 2.45. The van der Waals surface area contributed by atoms with Gasteiger partial charge in [-0.25, -0.2) is 9.18 Å². The number of benzene rings is 3. The third kappa shape index (κ3) is 3.90. The van der Waals surface area contributed by atoms with E-state index in [0.717, 1.165) is 5.56 Å². The van der Waals surface area contributed by atoms with E-state index in [9.17, 15) is 14.0 Å². The van der Waals surface area contributed by atoms with E-state index in [2.05, 4.69) is 24.3 Å². The molecular formula is C30H28FNO4. The number of hydrogen-bond acceptors (Lipinski definition) is 4. The van der Waals surface area contributed by atoms with Gasteiger partial charge in [0.05, 0.1) is 30.9 Å². The van der Waals surface area contributed by atoms with Crippen molar-refractivity contribution in [2.75, 3.05) is 19.8 Å². The fourth-order valence-corrected chi connectivity index (χ4v) is 6.14. The minimum absolute atomic E-state index is 0.0131. The van der Waals surface area contributed by atoms with Gasteiger partial charge >= 0.3 is 6.09 Å². The highest BCUT2D eigenvalue weighted by Crippen LogP contribution is 2.44. The highest BCUT2D eigenvalue weighted by molar-refractivity contribution is 5.98. The van der Waals surface area contributed by atoms with E-state index in [0.29, 0.717) is 26.1 Å². The molecule has 6 rings (SSSR count). The van der Waals surface area contributed by atoms with Crippen molar-refractivity contribution >= 4 is 11.9 Å². The first-order valence-corrected chi connectivity index (χ1v) is 12.5. The molecule has 3 aliphatic rings. The lowest BCUT2D eigenvalue weighted by atomic mass is 9.80. The Labute approximate surface area is 209 Å². The molecule has 0 aromatic heterocycles. The predicted octanol–water partition coefficient (Wildman–Crippen LogP) is 5.75. The van der Waals surface area contributed by atoms with Gasteiger partial charge in [-0.1, -0.05) is 60.2 Å². The van der Waals surface area contributed by atoms with E-state index in [-0.39, 0.29) is 48.0 Å². The zero-order valence-corrected chi connectivity index (χ0v) is 20.2. The molecule has 2 unspecified atom stereocenters. The van der Waals surface area contributed by atoms with E-state index >= 15 is 0 Å². The molecule has 0 saturated carbocycles. The zero-order chi connectivity index (χ0) is 24.8. The van der Waals surface area contributed by atoms with Crippen molar-refractivity contribution < 1.29 is 23.5 Å². The Morgan fingerprint density at radius 2 is 1.56 bits per heavy atom. The number of fused-ring (bicyclic) bond motifs is 5. The van der Waals surface area contributed by atoms with Gasteiger partial charge in [0.25, 0.3) is 0 Å². The first kappa shape index (κ1) is 22.9. The molecule has 2 aliphatic heterocycles. The molecule has 2 atom stereocenters. The van der Waals surface area contributed by atoms with Crippen LogP contribution in [-0.4, -0.2) is 48.7 Å². The van der Waals surface area contributed by atoms with Gasteiger partial charge in [0.1, 0.15) is 12.4 Å². The van der Waals surface area contributed by atoms with Gasteiger partial charge in [-0.15, -0.1) is 0 Å². The van der Waals surface area contributed by atoms with Gasteiger partial charge in [0, 0.05) is 11.8 Å². The van der Waals surface area contributed by atoms with E-state index in [1.165, 1.54) is 28.3 Å². The molecule has 0 radical (unpaired) electrons. The molecule has 0 N–H and O–H groups in total. The largest absolute Gasteiger partial charge is 0.448 e. The number of nitrogens with zero attached hydrogens (tertiary/aromatic N) is 1. The molecule has 2 heterocycles. The minimum atomic E-state index is -0.494. The van der Waals surface area contributed by atoms with Crippen molar-refractivity contribution in [1.29, 1.82) is 0 Å². The van der Waals surface area contributed by atoms with Crippen molar-refractivity contribution in [2.24, 2.45) is 5.92 Å². The lowest BCUT2D eigenvalue weighted by Crippen LogP contribution is -2.60. The molecule has 1 amide bonds. The van der Waals surface area contributed by atoms with E-state index < -0.39 is 5.82 Å². The molecule has 2 fully saturated rings. The first-order valence-electron chi connectivity index (χ1n) is 12.5. The Kier molecular flexibility index (Phi) is 5.84. The Hall–Kier alpha value is -3.51. The number of carbonyl (C=O) groups excluding carboxylic acids is 2.